The fourth-order valence-electron chi connectivity index (χ4n) is 1.10. The summed E-state index contributed by atoms with van der Waals surface area (Å²) in [6, 6.07) is 0. The molecule has 1 fully saturated rings. The van der Waals surface area contributed by atoms with Crippen molar-refractivity contribution in [3.8, 4) is 0 Å². The van der Waals surface area contributed by atoms with Crippen molar-refractivity contribution in [3.63, 3.8) is 0 Å². The lowest BCUT2D eigenvalue weighted by Crippen LogP contribution is -2.19. The van der Waals surface area contributed by atoms with Crippen molar-refractivity contribution < 1.29 is 9.84 Å². The van der Waals surface area contributed by atoms with E-state index < -0.39 is 0 Å². The van der Waals surface area contributed by atoms with Crippen LogP contribution in [0.25, 0.3) is 0 Å². The Balaban J connectivity index is 2.13. The van der Waals surface area contributed by atoms with E-state index in [-0.39, 0.29) is 18.4 Å². The Labute approximate surface area is 61.6 Å². The van der Waals surface area contributed by atoms with Gasteiger partial charge >= 0.3 is 0 Å². The van der Waals surface area contributed by atoms with Gasteiger partial charge in [0.1, 0.15) is 12.3 Å². The summed E-state index contributed by atoms with van der Waals surface area (Å²) < 4.78 is 5.26. The van der Waals surface area contributed by atoms with Crippen molar-refractivity contribution in [2.24, 2.45) is 0 Å². The Morgan fingerprint density at radius 2 is 2.20 bits per heavy atom. The zero-order valence-electron chi connectivity index (χ0n) is 6.74. The highest BCUT2D eigenvalue weighted by molar-refractivity contribution is 4.83. The molecule has 0 radical (unpaired) electrons. The SMILES string of the molecule is CC(O)CC1OC1N(C)C. The molecule has 0 bridgehead atoms. The Morgan fingerprint density at radius 1 is 1.60 bits per heavy atom. The van der Waals surface area contributed by atoms with Gasteiger partial charge in [-0.2, -0.15) is 0 Å². The first-order valence-electron chi connectivity index (χ1n) is 3.61. The van der Waals surface area contributed by atoms with Crippen LogP contribution in [0, 0.1) is 0 Å². The molecule has 1 aliphatic rings. The minimum absolute atomic E-state index is 0.241. The van der Waals surface area contributed by atoms with Crippen LogP contribution in [0.4, 0.5) is 0 Å². The maximum Gasteiger partial charge on any atom is 0.137 e. The van der Waals surface area contributed by atoms with Crippen LogP contribution in [-0.4, -0.2) is 42.5 Å². The molecule has 1 aliphatic heterocycles. The fourth-order valence-corrected chi connectivity index (χ4v) is 1.10. The number of rotatable bonds is 3. The molecule has 0 aromatic heterocycles. The Kier molecular flexibility index (Phi) is 2.28. The van der Waals surface area contributed by atoms with Crippen LogP contribution in [0.3, 0.4) is 0 Å². The third-order valence-corrected chi connectivity index (χ3v) is 1.64. The molecule has 60 valence electrons. The quantitative estimate of drug-likeness (QED) is 0.570. The van der Waals surface area contributed by atoms with Gasteiger partial charge in [-0.05, 0) is 21.0 Å². The summed E-state index contributed by atoms with van der Waals surface area (Å²) in [5.41, 5.74) is 0. The molecule has 0 aliphatic carbocycles. The fraction of sp³-hybridized carbons (Fsp3) is 1.00. The summed E-state index contributed by atoms with van der Waals surface area (Å²) in [5, 5.41) is 8.96. The minimum Gasteiger partial charge on any atom is -0.393 e. The summed E-state index contributed by atoms with van der Waals surface area (Å²) in [5.74, 6) is 0. The number of aliphatic hydroxyl groups is 1. The zero-order valence-corrected chi connectivity index (χ0v) is 6.74. The molecule has 3 atom stereocenters. The molecule has 0 aromatic rings. The lowest BCUT2D eigenvalue weighted by atomic mass is 10.2. The lowest BCUT2D eigenvalue weighted by Gasteiger charge is -2.04. The third kappa shape index (κ3) is 1.94. The van der Waals surface area contributed by atoms with E-state index in [0.717, 1.165) is 6.42 Å². The normalized spacial score (nSPS) is 34.5. The van der Waals surface area contributed by atoms with Crippen molar-refractivity contribution in [1.82, 2.24) is 4.90 Å². The minimum atomic E-state index is -0.241. The first-order valence-corrected chi connectivity index (χ1v) is 3.61. The van der Waals surface area contributed by atoms with Crippen LogP contribution in [-0.2, 0) is 4.74 Å². The Bertz CT molecular complexity index is 114. The van der Waals surface area contributed by atoms with Crippen LogP contribution in [0.1, 0.15) is 13.3 Å². The molecular formula is C7H15NO2. The number of nitrogens with zero attached hydrogens (tertiary/aromatic N) is 1. The standard InChI is InChI=1S/C7H15NO2/c1-5(9)4-6-7(10-6)8(2)3/h5-7,9H,4H2,1-3H3. The number of hydrogen-bond acceptors (Lipinski definition) is 3. The summed E-state index contributed by atoms with van der Waals surface area (Å²) in [7, 11) is 3.96. The highest BCUT2D eigenvalue weighted by atomic mass is 16.6. The average molecular weight is 145 g/mol. The smallest absolute Gasteiger partial charge is 0.137 e. The summed E-state index contributed by atoms with van der Waals surface area (Å²) in [6.07, 6.45) is 1.02. The number of likely N-dealkylation sites (N-methyl/N-ethyl adjacent to an activating group) is 1. The molecule has 1 saturated heterocycles. The zero-order chi connectivity index (χ0) is 7.72. The van der Waals surface area contributed by atoms with Gasteiger partial charge in [0.15, 0.2) is 0 Å². The van der Waals surface area contributed by atoms with Gasteiger partial charge in [0.25, 0.3) is 0 Å². The number of epoxide rings is 1. The Hall–Kier alpha value is -0.120. The van der Waals surface area contributed by atoms with Gasteiger partial charge in [0, 0.05) is 6.42 Å². The molecule has 1 N–H and O–H groups in total. The average Bonchev–Trinajstić information content (AvgIpc) is 2.43. The summed E-state index contributed by atoms with van der Waals surface area (Å²) in [6.45, 7) is 1.79. The molecule has 1 heterocycles. The Morgan fingerprint density at radius 3 is 2.50 bits per heavy atom. The van der Waals surface area contributed by atoms with E-state index in [1.54, 1.807) is 6.92 Å². The third-order valence-electron chi connectivity index (χ3n) is 1.64. The van der Waals surface area contributed by atoms with Crippen molar-refractivity contribution in [3.05, 3.63) is 0 Å². The number of aliphatic hydroxyl groups excluding tert-OH is 1. The predicted octanol–water partition coefficient (Wildman–Crippen LogP) is 0.0438. The lowest BCUT2D eigenvalue weighted by molar-refractivity contribution is 0.169. The van der Waals surface area contributed by atoms with Gasteiger partial charge in [-0.15, -0.1) is 0 Å². The maximum atomic E-state index is 8.96. The van der Waals surface area contributed by atoms with Crippen LogP contribution in [0.2, 0.25) is 0 Å². The molecule has 1 rings (SSSR count). The van der Waals surface area contributed by atoms with Crippen molar-refractivity contribution in [2.45, 2.75) is 31.8 Å². The molecule has 0 spiro atoms. The molecule has 3 unspecified atom stereocenters. The highest BCUT2D eigenvalue weighted by Crippen LogP contribution is 2.27. The number of ether oxygens (including phenoxy) is 1. The van der Waals surface area contributed by atoms with Crippen LogP contribution < -0.4 is 0 Å². The second kappa shape index (κ2) is 2.86. The van der Waals surface area contributed by atoms with Gasteiger partial charge in [-0.25, -0.2) is 0 Å². The predicted molar refractivity (Wildman–Crippen MR) is 38.6 cm³/mol. The van der Waals surface area contributed by atoms with Crippen LogP contribution in [0.15, 0.2) is 0 Å². The van der Waals surface area contributed by atoms with E-state index in [0.29, 0.717) is 0 Å². The van der Waals surface area contributed by atoms with E-state index >= 15 is 0 Å². The first-order chi connectivity index (χ1) is 4.61. The van der Waals surface area contributed by atoms with Gasteiger partial charge < -0.3 is 9.84 Å². The largest absolute Gasteiger partial charge is 0.393 e. The molecular weight excluding hydrogens is 130 g/mol. The van der Waals surface area contributed by atoms with Crippen molar-refractivity contribution in [1.29, 1.82) is 0 Å². The van der Waals surface area contributed by atoms with E-state index in [4.69, 9.17) is 9.84 Å². The number of hydrogen-bond donors (Lipinski definition) is 1. The van der Waals surface area contributed by atoms with E-state index in [2.05, 4.69) is 0 Å². The van der Waals surface area contributed by atoms with Gasteiger partial charge in [0.05, 0.1) is 6.10 Å². The second-order valence-electron chi connectivity index (χ2n) is 3.11. The molecule has 0 amide bonds. The first kappa shape index (κ1) is 7.98. The van der Waals surface area contributed by atoms with Crippen LogP contribution >= 0.6 is 0 Å². The van der Waals surface area contributed by atoms with E-state index in [1.165, 1.54) is 0 Å². The monoisotopic (exact) mass is 145 g/mol. The van der Waals surface area contributed by atoms with Crippen LogP contribution in [0.5, 0.6) is 0 Å². The van der Waals surface area contributed by atoms with E-state index in [9.17, 15) is 0 Å². The van der Waals surface area contributed by atoms with E-state index in [1.807, 2.05) is 19.0 Å². The van der Waals surface area contributed by atoms with Gasteiger partial charge in [-0.1, -0.05) is 0 Å². The molecule has 0 saturated carbocycles. The molecule has 3 nitrogen and oxygen atoms in total. The summed E-state index contributed by atoms with van der Waals surface area (Å²) in [4.78, 5) is 2.02. The van der Waals surface area contributed by atoms with Crippen molar-refractivity contribution in [2.75, 3.05) is 14.1 Å². The summed E-state index contributed by atoms with van der Waals surface area (Å²) >= 11 is 0. The maximum absolute atomic E-state index is 8.96. The highest BCUT2D eigenvalue weighted by Gasteiger charge is 2.40. The van der Waals surface area contributed by atoms with Crippen molar-refractivity contribution >= 4 is 0 Å². The molecule has 3 heteroatoms. The molecule has 0 aromatic carbocycles. The second-order valence-corrected chi connectivity index (χ2v) is 3.11. The van der Waals surface area contributed by atoms with Gasteiger partial charge in [0.2, 0.25) is 0 Å². The molecule has 10 heavy (non-hydrogen) atoms. The van der Waals surface area contributed by atoms with Gasteiger partial charge in [-0.3, -0.25) is 4.90 Å². The topological polar surface area (TPSA) is 36.0 Å².